The Morgan fingerprint density at radius 1 is 1.22 bits per heavy atom. The Balaban J connectivity index is 2.00. The number of nitrogens with one attached hydrogen (secondary N) is 2. The molecule has 6 heteroatoms. The summed E-state index contributed by atoms with van der Waals surface area (Å²) in [7, 11) is 0. The average molecular weight is 325 g/mol. The van der Waals surface area contributed by atoms with E-state index in [1.807, 2.05) is 42.5 Å². The molecule has 0 unspecified atom stereocenters. The Morgan fingerprint density at radius 3 is 2.61 bits per heavy atom. The maximum Gasteiger partial charge on any atom is 0.210 e. The Kier molecular flexibility index (Phi) is 4.74. The van der Waals surface area contributed by atoms with Crippen molar-refractivity contribution in [2.45, 2.75) is 6.54 Å². The number of rotatable bonds is 3. The average Bonchev–Trinajstić information content (AvgIpc) is 2.81. The van der Waals surface area contributed by atoms with Gasteiger partial charge in [-0.25, -0.2) is 10.8 Å². The van der Waals surface area contributed by atoms with Crippen molar-refractivity contribution < 1.29 is 0 Å². The summed E-state index contributed by atoms with van der Waals surface area (Å²) in [5, 5.41) is 3.11. The first-order valence-corrected chi connectivity index (χ1v) is 6.96. The topological polar surface area (TPSA) is 62.4 Å². The second kappa shape index (κ2) is 6.53. The zero-order valence-electron chi connectivity index (χ0n) is 9.56. The summed E-state index contributed by atoms with van der Waals surface area (Å²) in [6.07, 6.45) is 0. The van der Waals surface area contributed by atoms with Crippen LogP contribution in [0.4, 0.5) is 5.69 Å². The lowest BCUT2D eigenvalue weighted by Gasteiger charge is -2.08. The maximum absolute atomic E-state index is 5.44. The van der Waals surface area contributed by atoms with Crippen LogP contribution in [0.3, 0.4) is 0 Å². The van der Waals surface area contributed by atoms with Crippen LogP contribution in [-0.2, 0) is 6.54 Å². The van der Waals surface area contributed by atoms with Crippen LogP contribution in [0.15, 0.2) is 51.2 Å². The molecule has 2 rings (SSSR count). The van der Waals surface area contributed by atoms with Crippen LogP contribution in [0.1, 0.15) is 4.88 Å². The van der Waals surface area contributed by atoms with Gasteiger partial charge in [-0.2, -0.15) is 0 Å². The van der Waals surface area contributed by atoms with Crippen molar-refractivity contribution in [2.75, 3.05) is 5.32 Å². The normalized spacial score (nSPS) is 11.3. The third-order valence-electron chi connectivity index (χ3n) is 2.20. The molecule has 0 spiro atoms. The Morgan fingerprint density at radius 2 is 2.00 bits per heavy atom. The number of nitrogens with two attached hydrogens (primary N) is 1. The largest absolute Gasteiger partial charge is 0.325 e. The van der Waals surface area contributed by atoms with Crippen molar-refractivity contribution >= 4 is 38.9 Å². The van der Waals surface area contributed by atoms with E-state index >= 15 is 0 Å². The minimum Gasteiger partial charge on any atom is -0.325 e. The van der Waals surface area contributed by atoms with Crippen molar-refractivity contribution in [1.29, 1.82) is 0 Å². The van der Waals surface area contributed by atoms with Crippen LogP contribution in [-0.4, -0.2) is 5.96 Å². The van der Waals surface area contributed by atoms with Gasteiger partial charge in [0.1, 0.15) is 0 Å². The molecular weight excluding hydrogens is 312 g/mol. The molecule has 0 fully saturated rings. The van der Waals surface area contributed by atoms with Crippen LogP contribution in [0.2, 0.25) is 0 Å². The summed E-state index contributed by atoms with van der Waals surface area (Å²) in [6.45, 7) is 0.593. The lowest BCUT2D eigenvalue weighted by Crippen LogP contribution is -2.36. The molecule has 1 heterocycles. The van der Waals surface area contributed by atoms with Gasteiger partial charge in [0.25, 0.3) is 0 Å². The Bertz CT molecular complexity index is 524. The van der Waals surface area contributed by atoms with Gasteiger partial charge in [-0.1, -0.05) is 18.2 Å². The molecular formula is C12H13BrN4S. The van der Waals surface area contributed by atoms with Crippen molar-refractivity contribution in [3.63, 3.8) is 0 Å². The quantitative estimate of drug-likeness (QED) is 0.352. The Labute approximate surface area is 118 Å². The standard InChI is InChI=1S/C12H13BrN4S/c13-11-7-6-10(18-11)8-15-12(17-14)16-9-4-2-1-3-5-9/h1-7H,8,14H2,(H2,15,16,17). The molecule has 4 nitrogen and oxygen atoms in total. The number of guanidine groups is 1. The molecule has 0 atom stereocenters. The monoisotopic (exact) mass is 324 g/mol. The molecule has 18 heavy (non-hydrogen) atoms. The van der Waals surface area contributed by atoms with E-state index in [0.717, 1.165) is 9.47 Å². The maximum atomic E-state index is 5.44. The van der Waals surface area contributed by atoms with E-state index in [2.05, 4.69) is 31.7 Å². The minimum atomic E-state index is 0.547. The van der Waals surface area contributed by atoms with Gasteiger partial charge in [-0.15, -0.1) is 11.3 Å². The van der Waals surface area contributed by atoms with Gasteiger partial charge in [-0.3, -0.25) is 5.43 Å². The first kappa shape index (κ1) is 13.1. The van der Waals surface area contributed by atoms with Crippen LogP contribution in [0.5, 0.6) is 0 Å². The SMILES string of the molecule is NNC(=NCc1ccc(Br)s1)Nc1ccccc1. The van der Waals surface area contributed by atoms with Crippen molar-refractivity contribution in [1.82, 2.24) is 5.43 Å². The highest BCUT2D eigenvalue weighted by Gasteiger charge is 1.99. The molecule has 0 aliphatic heterocycles. The van der Waals surface area contributed by atoms with Crippen LogP contribution in [0.25, 0.3) is 0 Å². The fourth-order valence-corrected chi connectivity index (χ4v) is 2.78. The van der Waals surface area contributed by atoms with Gasteiger partial charge in [0, 0.05) is 10.6 Å². The Hall–Kier alpha value is -1.37. The number of benzene rings is 1. The van der Waals surface area contributed by atoms with Gasteiger partial charge in [0.15, 0.2) is 0 Å². The second-order valence-electron chi connectivity index (χ2n) is 3.51. The number of hydrazine groups is 1. The summed E-state index contributed by atoms with van der Waals surface area (Å²) in [6, 6.07) is 13.8. The lowest BCUT2D eigenvalue weighted by atomic mass is 10.3. The predicted octanol–water partition coefficient (Wildman–Crippen LogP) is 2.94. The van der Waals surface area contributed by atoms with E-state index in [-0.39, 0.29) is 0 Å². The number of halogens is 1. The molecule has 0 aliphatic carbocycles. The number of hydrogen-bond donors (Lipinski definition) is 3. The molecule has 4 N–H and O–H groups in total. The third kappa shape index (κ3) is 3.83. The molecule has 0 radical (unpaired) electrons. The molecule has 94 valence electrons. The summed E-state index contributed by atoms with van der Waals surface area (Å²) in [5.74, 6) is 5.99. The summed E-state index contributed by atoms with van der Waals surface area (Å²) in [5.41, 5.74) is 3.51. The van der Waals surface area contributed by atoms with E-state index in [4.69, 9.17) is 5.84 Å². The number of aliphatic imine (C=N–C) groups is 1. The number of para-hydroxylation sites is 1. The lowest BCUT2D eigenvalue weighted by molar-refractivity contribution is 0.976. The van der Waals surface area contributed by atoms with E-state index in [0.29, 0.717) is 12.5 Å². The summed E-state index contributed by atoms with van der Waals surface area (Å²) >= 11 is 5.08. The molecule has 0 bridgehead atoms. The predicted molar refractivity (Wildman–Crippen MR) is 80.5 cm³/mol. The highest BCUT2D eigenvalue weighted by atomic mass is 79.9. The molecule has 0 saturated heterocycles. The second-order valence-corrected chi connectivity index (χ2v) is 6.05. The number of thiophene rings is 1. The van der Waals surface area contributed by atoms with Gasteiger partial charge >= 0.3 is 0 Å². The van der Waals surface area contributed by atoms with E-state index in [1.54, 1.807) is 11.3 Å². The number of nitrogens with zero attached hydrogens (tertiary/aromatic N) is 1. The van der Waals surface area contributed by atoms with Crippen molar-refractivity contribution in [2.24, 2.45) is 10.8 Å². The van der Waals surface area contributed by atoms with Gasteiger partial charge in [-0.05, 0) is 40.2 Å². The van der Waals surface area contributed by atoms with Gasteiger partial charge in [0.05, 0.1) is 10.3 Å². The van der Waals surface area contributed by atoms with Crippen LogP contribution >= 0.6 is 27.3 Å². The molecule has 0 amide bonds. The zero-order valence-corrected chi connectivity index (χ0v) is 12.0. The zero-order chi connectivity index (χ0) is 12.8. The van der Waals surface area contributed by atoms with E-state index < -0.39 is 0 Å². The number of hydrogen-bond acceptors (Lipinski definition) is 3. The van der Waals surface area contributed by atoms with Crippen LogP contribution in [0, 0.1) is 0 Å². The van der Waals surface area contributed by atoms with E-state index in [1.165, 1.54) is 4.88 Å². The number of anilines is 1. The molecule has 0 aliphatic rings. The smallest absolute Gasteiger partial charge is 0.210 e. The van der Waals surface area contributed by atoms with E-state index in [9.17, 15) is 0 Å². The first-order chi connectivity index (χ1) is 8.78. The summed E-state index contributed by atoms with van der Waals surface area (Å²) in [4.78, 5) is 5.55. The first-order valence-electron chi connectivity index (χ1n) is 5.35. The molecule has 2 aromatic rings. The van der Waals surface area contributed by atoms with Crippen LogP contribution < -0.4 is 16.6 Å². The summed E-state index contributed by atoms with van der Waals surface area (Å²) < 4.78 is 1.10. The van der Waals surface area contributed by atoms with Gasteiger partial charge < -0.3 is 5.32 Å². The third-order valence-corrected chi connectivity index (χ3v) is 3.80. The highest BCUT2D eigenvalue weighted by Crippen LogP contribution is 2.22. The van der Waals surface area contributed by atoms with Crippen molar-refractivity contribution in [3.8, 4) is 0 Å². The van der Waals surface area contributed by atoms with Crippen molar-refractivity contribution in [3.05, 3.63) is 51.1 Å². The fraction of sp³-hybridized carbons (Fsp3) is 0.0833. The highest BCUT2D eigenvalue weighted by molar-refractivity contribution is 9.11. The van der Waals surface area contributed by atoms with Gasteiger partial charge in [0.2, 0.25) is 5.96 Å². The molecule has 1 aromatic carbocycles. The fourth-order valence-electron chi connectivity index (χ4n) is 1.37. The minimum absolute atomic E-state index is 0.547. The molecule has 0 saturated carbocycles. The molecule has 1 aromatic heterocycles.